The SMILES string of the molecule is CCn1cnc2c(Nc3cccc(Cl)c3)nc(N3CCCC(NC=O)C3)nc21. The molecular formula is C19H22ClN7O. The van der Waals surface area contributed by atoms with Crippen LogP contribution in [-0.2, 0) is 11.3 Å². The second-order valence-electron chi connectivity index (χ2n) is 6.78. The fourth-order valence-electron chi connectivity index (χ4n) is 3.49. The fourth-order valence-corrected chi connectivity index (χ4v) is 3.68. The third-order valence-electron chi connectivity index (χ3n) is 4.89. The molecule has 3 aromatic rings. The number of amides is 1. The minimum atomic E-state index is 0.103. The van der Waals surface area contributed by atoms with Crippen LogP contribution < -0.4 is 15.5 Å². The lowest BCUT2D eigenvalue weighted by Gasteiger charge is -2.32. The highest BCUT2D eigenvalue weighted by Gasteiger charge is 2.23. The standard InChI is InChI=1S/C19H22ClN7O/c1-2-26-11-21-16-17(23-14-6-3-5-13(20)9-14)24-19(25-18(16)26)27-8-4-7-15(10-27)22-12-28/h3,5-6,9,11-12,15H,2,4,7-8,10H2,1H3,(H,22,28)(H,23,24,25). The van der Waals surface area contributed by atoms with Crippen molar-refractivity contribution in [3.63, 3.8) is 0 Å². The molecule has 1 saturated heterocycles. The van der Waals surface area contributed by atoms with Gasteiger partial charge in [0, 0.05) is 36.4 Å². The third kappa shape index (κ3) is 3.73. The summed E-state index contributed by atoms with van der Waals surface area (Å²) in [6.07, 6.45) is 4.46. The highest BCUT2D eigenvalue weighted by molar-refractivity contribution is 6.30. The van der Waals surface area contributed by atoms with Crippen LogP contribution in [0.2, 0.25) is 5.02 Å². The van der Waals surface area contributed by atoms with E-state index in [9.17, 15) is 4.79 Å². The molecule has 0 bridgehead atoms. The molecule has 0 radical (unpaired) electrons. The number of anilines is 3. The van der Waals surface area contributed by atoms with Crippen molar-refractivity contribution < 1.29 is 4.79 Å². The highest BCUT2D eigenvalue weighted by atomic mass is 35.5. The molecule has 1 aliphatic heterocycles. The summed E-state index contributed by atoms with van der Waals surface area (Å²) in [4.78, 5) is 27.0. The van der Waals surface area contributed by atoms with Crippen molar-refractivity contribution in [3.8, 4) is 0 Å². The van der Waals surface area contributed by atoms with E-state index in [1.807, 2.05) is 28.8 Å². The van der Waals surface area contributed by atoms with Crippen LogP contribution in [0.25, 0.3) is 11.2 Å². The first-order valence-corrected chi connectivity index (χ1v) is 9.76. The molecule has 8 nitrogen and oxygen atoms in total. The molecule has 0 aliphatic carbocycles. The van der Waals surface area contributed by atoms with Gasteiger partial charge in [-0.25, -0.2) is 4.98 Å². The number of halogens is 1. The van der Waals surface area contributed by atoms with Crippen molar-refractivity contribution in [2.45, 2.75) is 32.4 Å². The van der Waals surface area contributed by atoms with Gasteiger partial charge in [0.2, 0.25) is 12.4 Å². The Morgan fingerprint density at radius 3 is 3.04 bits per heavy atom. The zero-order valence-corrected chi connectivity index (χ0v) is 16.4. The maximum absolute atomic E-state index is 10.8. The maximum Gasteiger partial charge on any atom is 0.229 e. The Kier molecular flexibility index (Phi) is 5.29. The van der Waals surface area contributed by atoms with Crippen molar-refractivity contribution in [2.75, 3.05) is 23.3 Å². The van der Waals surface area contributed by atoms with E-state index in [4.69, 9.17) is 21.6 Å². The first kappa shape index (κ1) is 18.5. The molecule has 3 heterocycles. The molecule has 9 heteroatoms. The summed E-state index contributed by atoms with van der Waals surface area (Å²) >= 11 is 6.12. The van der Waals surface area contributed by atoms with E-state index >= 15 is 0 Å². The Bertz CT molecular complexity index is 990. The minimum absolute atomic E-state index is 0.103. The second kappa shape index (κ2) is 8.02. The molecule has 1 amide bonds. The number of piperidine rings is 1. The molecule has 1 aromatic carbocycles. The van der Waals surface area contributed by atoms with Gasteiger partial charge >= 0.3 is 0 Å². The largest absolute Gasteiger partial charge is 0.354 e. The number of rotatable bonds is 6. The number of carbonyl (C=O) groups is 1. The molecule has 28 heavy (non-hydrogen) atoms. The highest BCUT2D eigenvalue weighted by Crippen LogP contribution is 2.27. The van der Waals surface area contributed by atoms with E-state index < -0.39 is 0 Å². The minimum Gasteiger partial charge on any atom is -0.354 e. The van der Waals surface area contributed by atoms with Crippen molar-refractivity contribution in [1.29, 1.82) is 0 Å². The molecule has 2 N–H and O–H groups in total. The molecule has 0 spiro atoms. The van der Waals surface area contributed by atoms with Crippen LogP contribution in [-0.4, -0.2) is 45.1 Å². The molecule has 4 rings (SSSR count). The second-order valence-corrected chi connectivity index (χ2v) is 7.22. The average molecular weight is 400 g/mol. The molecule has 1 fully saturated rings. The van der Waals surface area contributed by atoms with Gasteiger partial charge in [-0.3, -0.25) is 4.79 Å². The van der Waals surface area contributed by atoms with Gasteiger partial charge in [-0.15, -0.1) is 0 Å². The number of nitrogens with one attached hydrogen (secondary N) is 2. The Morgan fingerprint density at radius 1 is 1.36 bits per heavy atom. The van der Waals surface area contributed by atoms with E-state index in [1.165, 1.54) is 0 Å². The van der Waals surface area contributed by atoms with Crippen LogP contribution in [0.4, 0.5) is 17.5 Å². The van der Waals surface area contributed by atoms with Gasteiger partial charge in [-0.1, -0.05) is 17.7 Å². The number of benzene rings is 1. The zero-order chi connectivity index (χ0) is 19.5. The lowest BCUT2D eigenvalue weighted by molar-refractivity contribution is -0.110. The van der Waals surface area contributed by atoms with Gasteiger partial charge in [0.1, 0.15) is 0 Å². The monoisotopic (exact) mass is 399 g/mol. The van der Waals surface area contributed by atoms with Gasteiger partial charge in [0.25, 0.3) is 0 Å². The molecule has 1 aliphatic rings. The fraction of sp³-hybridized carbons (Fsp3) is 0.368. The number of carbonyl (C=O) groups excluding carboxylic acids is 1. The predicted octanol–water partition coefficient (Wildman–Crippen LogP) is 2.96. The summed E-state index contributed by atoms with van der Waals surface area (Å²) in [5.41, 5.74) is 2.33. The van der Waals surface area contributed by atoms with E-state index in [1.54, 1.807) is 6.33 Å². The van der Waals surface area contributed by atoms with Crippen molar-refractivity contribution in [1.82, 2.24) is 24.8 Å². The Morgan fingerprint density at radius 2 is 2.25 bits per heavy atom. The molecule has 0 saturated carbocycles. The molecule has 1 unspecified atom stereocenters. The lowest BCUT2D eigenvalue weighted by atomic mass is 10.1. The number of nitrogens with zero attached hydrogens (tertiary/aromatic N) is 5. The van der Waals surface area contributed by atoms with Crippen LogP contribution in [0.3, 0.4) is 0 Å². The lowest BCUT2D eigenvalue weighted by Crippen LogP contribution is -2.46. The predicted molar refractivity (Wildman–Crippen MR) is 110 cm³/mol. The summed E-state index contributed by atoms with van der Waals surface area (Å²) in [6, 6.07) is 7.59. The zero-order valence-electron chi connectivity index (χ0n) is 15.6. The van der Waals surface area contributed by atoms with Gasteiger partial charge in [-0.05, 0) is 38.0 Å². The van der Waals surface area contributed by atoms with E-state index in [-0.39, 0.29) is 6.04 Å². The normalized spacial score (nSPS) is 16.9. The Balaban J connectivity index is 1.73. The van der Waals surface area contributed by atoms with Crippen molar-refractivity contribution in [3.05, 3.63) is 35.6 Å². The quantitative estimate of drug-likeness (QED) is 0.619. The van der Waals surface area contributed by atoms with E-state index in [0.29, 0.717) is 28.9 Å². The van der Waals surface area contributed by atoms with Crippen molar-refractivity contribution >= 4 is 46.6 Å². The van der Waals surface area contributed by atoms with Gasteiger partial charge in [-0.2, -0.15) is 9.97 Å². The number of hydrogen-bond acceptors (Lipinski definition) is 6. The number of fused-ring (bicyclic) bond motifs is 1. The maximum atomic E-state index is 10.8. The summed E-state index contributed by atoms with van der Waals surface area (Å²) in [5, 5.41) is 6.85. The van der Waals surface area contributed by atoms with Crippen LogP contribution in [0.1, 0.15) is 19.8 Å². The summed E-state index contributed by atoms with van der Waals surface area (Å²) in [6.45, 7) is 4.34. The number of aryl methyl sites for hydroxylation is 1. The number of imidazole rings is 1. The Labute approximate surface area is 167 Å². The van der Waals surface area contributed by atoms with Crippen LogP contribution >= 0.6 is 11.6 Å². The molecule has 1 atom stereocenters. The third-order valence-corrected chi connectivity index (χ3v) is 5.12. The smallest absolute Gasteiger partial charge is 0.229 e. The molecule has 2 aromatic heterocycles. The summed E-state index contributed by atoms with van der Waals surface area (Å²) in [7, 11) is 0. The van der Waals surface area contributed by atoms with Gasteiger partial charge in [0.05, 0.1) is 6.33 Å². The Hall–Kier alpha value is -2.87. The van der Waals surface area contributed by atoms with Gasteiger partial charge < -0.3 is 20.1 Å². The van der Waals surface area contributed by atoms with Gasteiger partial charge in [0.15, 0.2) is 17.0 Å². The van der Waals surface area contributed by atoms with E-state index in [0.717, 1.165) is 43.7 Å². The van der Waals surface area contributed by atoms with Crippen LogP contribution in [0.5, 0.6) is 0 Å². The van der Waals surface area contributed by atoms with E-state index in [2.05, 4.69) is 27.4 Å². The molecular weight excluding hydrogens is 378 g/mol. The first-order valence-electron chi connectivity index (χ1n) is 9.38. The number of aromatic nitrogens is 4. The summed E-state index contributed by atoms with van der Waals surface area (Å²) < 4.78 is 1.99. The van der Waals surface area contributed by atoms with Crippen LogP contribution in [0, 0.1) is 0 Å². The molecule has 146 valence electrons. The average Bonchev–Trinajstić information content (AvgIpc) is 3.12. The summed E-state index contributed by atoms with van der Waals surface area (Å²) in [5.74, 6) is 1.27. The first-order chi connectivity index (χ1) is 13.7. The number of hydrogen-bond donors (Lipinski definition) is 2. The van der Waals surface area contributed by atoms with Crippen LogP contribution in [0.15, 0.2) is 30.6 Å². The van der Waals surface area contributed by atoms with Crippen molar-refractivity contribution in [2.24, 2.45) is 0 Å². The topological polar surface area (TPSA) is 88.0 Å².